The molecule has 0 fully saturated rings. The number of methoxy groups -OCH3 is 1. The lowest BCUT2D eigenvalue weighted by molar-refractivity contribution is 0.415. The van der Waals surface area contributed by atoms with Crippen LogP contribution < -0.4 is 10.1 Å². The molecule has 3 aromatic rings. The standard InChI is InChI=1S/C21H20ClNO/c1-24-20-13-11-19(12-14-20)23-21(15-16-5-3-2-4-6-16)17-7-9-18(22)10-8-17/h2-14,21,23H,15H2,1H3. The molecule has 3 heteroatoms. The molecular weight excluding hydrogens is 318 g/mol. The molecule has 0 bridgehead atoms. The number of benzene rings is 3. The molecule has 1 atom stereocenters. The third kappa shape index (κ3) is 4.30. The third-order valence-electron chi connectivity index (χ3n) is 3.99. The van der Waals surface area contributed by atoms with Gasteiger partial charge in [0.1, 0.15) is 5.75 Å². The van der Waals surface area contributed by atoms with E-state index in [0.717, 1.165) is 22.9 Å². The molecular formula is C21H20ClNO. The maximum atomic E-state index is 6.04. The molecule has 0 amide bonds. The van der Waals surface area contributed by atoms with Crippen molar-refractivity contribution < 1.29 is 4.74 Å². The van der Waals surface area contributed by atoms with Crippen LogP contribution in [0.25, 0.3) is 0 Å². The third-order valence-corrected chi connectivity index (χ3v) is 4.24. The van der Waals surface area contributed by atoms with Crippen LogP contribution in [-0.2, 0) is 6.42 Å². The SMILES string of the molecule is COc1ccc(NC(Cc2ccccc2)c2ccc(Cl)cc2)cc1. The van der Waals surface area contributed by atoms with Gasteiger partial charge in [-0.25, -0.2) is 0 Å². The average molecular weight is 338 g/mol. The second-order valence-corrected chi connectivity index (χ2v) is 6.10. The lowest BCUT2D eigenvalue weighted by Crippen LogP contribution is -2.13. The molecule has 1 N–H and O–H groups in total. The Kier molecular flexibility index (Phi) is 5.39. The molecule has 0 saturated carbocycles. The second-order valence-electron chi connectivity index (χ2n) is 5.67. The molecule has 3 aromatic carbocycles. The average Bonchev–Trinajstić information content (AvgIpc) is 2.63. The van der Waals surface area contributed by atoms with Crippen molar-refractivity contribution in [2.75, 3.05) is 12.4 Å². The van der Waals surface area contributed by atoms with Crippen LogP contribution in [0.3, 0.4) is 0 Å². The molecule has 3 rings (SSSR count). The summed E-state index contributed by atoms with van der Waals surface area (Å²) < 4.78 is 5.23. The van der Waals surface area contributed by atoms with Gasteiger partial charge in [-0.05, 0) is 53.9 Å². The number of ether oxygens (including phenoxy) is 1. The van der Waals surface area contributed by atoms with Crippen molar-refractivity contribution in [2.24, 2.45) is 0 Å². The van der Waals surface area contributed by atoms with E-state index >= 15 is 0 Å². The maximum Gasteiger partial charge on any atom is 0.119 e. The van der Waals surface area contributed by atoms with E-state index in [2.05, 4.69) is 41.7 Å². The van der Waals surface area contributed by atoms with E-state index in [1.54, 1.807) is 7.11 Å². The van der Waals surface area contributed by atoms with Crippen molar-refractivity contribution in [3.05, 3.63) is 95.0 Å². The zero-order chi connectivity index (χ0) is 16.8. The van der Waals surface area contributed by atoms with Crippen LogP contribution >= 0.6 is 11.6 Å². The van der Waals surface area contributed by atoms with Crippen LogP contribution in [-0.4, -0.2) is 7.11 Å². The predicted molar refractivity (Wildman–Crippen MR) is 101 cm³/mol. The molecule has 0 radical (unpaired) electrons. The van der Waals surface area contributed by atoms with Crippen molar-refractivity contribution >= 4 is 17.3 Å². The van der Waals surface area contributed by atoms with Crippen molar-refractivity contribution in [1.82, 2.24) is 0 Å². The Morgan fingerprint density at radius 3 is 2.17 bits per heavy atom. The smallest absolute Gasteiger partial charge is 0.119 e. The molecule has 1 unspecified atom stereocenters. The fraction of sp³-hybridized carbons (Fsp3) is 0.143. The Hall–Kier alpha value is -2.45. The molecule has 0 heterocycles. The molecule has 24 heavy (non-hydrogen) atoms. The van der Waals surface area contributed by atoms with E-state index in [9.17, 15) is 0 Å². The fourth-order valence-electron chi connectivity index (χ4n) is 2.69. The van der Waals surface area contributed by atoms with Crippen LogP contribution in [0.2, 0.25) is 5.02 Å². The van der Waals surface area contributed by atoms with Gasteiger partial charge in [-0.2, -0.15) is 0 Å². The summed E-state index contributed by atoms with van der Waals surface area (Å²) in [5.74, 6) is 0.853. The van der Waals surface area contributed by atoms with Gasteiger partial charge in [0.15, 0.2) is 0 Å². The maximum absolute atomic E-state index is 6.04. The van der Waals surface area contributed by atoms with Crippen molar-refractivity contribution in [2.45, 2.75) is 12.5 Å². The van der Waals surface area contributed by atoms with Crippen molar-refractivity contribution in [3.8, 4) is 5.75 Å². The fourth-order valence-corrected chi connectivity index (χ4v) is 2.81. The summed E-state index contributed by atoms with van der Waals surface area (Å²) in [5.41, 5.74) is 3.56. The van der Waals surface area contributed by atoms with E-state index in [-0.39, 0.29) is 6.04 Å². The molecule has 0 aromatic heterocycles. The van der Waals surface area contributed by atoms with Gasteiger partial charge in [-0.15, -0.1) is 0 Å². The number of hydrogen-bond acceptors (Lipinski definition) is 2. The largest absolute Gasteiger partial charge is 0.497 e. The quantitative estimate of drug-likeness (QED) is 0.618. The zero-order valence-electron chi connectivity index (χ0n) is 13.6. The first-order chi connectivity index (χ1) is 11.7. The molecule has 0 aliphatic rings. The van der Waals surface area contributed by atoms with E-state index < -0.39 is 0 Å². The zero-order valence-corrected chi connectivity index (χ0v) is 14.3. The van der Waals surface area contributed by atoms with Crippen LogP contribution in [0, 0.1) is 0 Å². The molecule has 0 aliphatic heterocycles. The highest BCUT2D eigenvalue weighted by atomic mass is 35.5. The first-order valence-corrected chi connectivity index (χ1v) is 8.32. The molecule has 122 valence electrons. The van der Waals surface area contributed by atoms with E-state index in [1.165, 1.54) is 11.1 Å². The van der Waals surface area contributed by atoms with Crippen LogP contribution in [0.5, 0.6) is 5.75 Å². The Morgan fingerprint density at radius 1 is 0.875 bits per heavy atom. The number of nitrogens with one attached hydrogen (secondary N) is 1. The lowest BCUT2D eigenvalue weighted by atomic mass is 9.98. The summed E-state index contributed by atoms with van der Waals surface area (Å²) in [6.45, 7) is 0. The Bertz CT molecular complexity index is 754. The Balaban J connectivity index is 1.84. The van der Waals surface area contributed by atoms with Gasteiger partial charge < -0.3 is 10.1 Å². The van der Waals surface area contributed by atoms with Gasteiger partial charge >= 0.3 is 0 Å². The highest BCUT2D eigenvalue weighted by molar-refractivity contribution is 6.30. The highest BCUT2D eigenvalue weighted by Gasteiger charge is 2.12. The molecule has 0 saturated heterocycles. The van der Waals surface area contributed by atoms with Gasteiger partial charge in [0.25, 0.3) is 0 Å². The number of rotatable bonds is 6. The summed E-state index contributed by atoms with van der Waals surface area (Å²) >= 11 is 6.04. The molecule has 2 nitrogen and oxygen atoms in total. The number of anilines is 1. The minimum absolute atomic E-state index is 0.165. The van der Waals surface area contributed by atoms with E-state index in [4.69, 9.17) is 16.3 Å². The first kappa shape index (κ1) is 16.4. The Labute approximate surface area is 148 Å². The van der Waals surface area contributed by atoms with Gasteiger partial charge in [0.05, 0.1) is 13.2 Å². The van der Waals surface area contributed by atoms with Gasteiger partial charge in [0.2, 0.25) is 0 Å². The normalized spacial score (nSPS) is 11.8. The van der Waals surface area contributed by atoms with E-state index in [1.807, 2.05) is 42.5 Å². The highest BCUT2D eigenvalue weighted by Crippen LogP contribution is 2.26. The van der Waals surface area contributed by atoms with Crippen molar-refractivity contribution in [3.63, 3.8) is 0 Å². The summed E-state index contributed by atoms with van der Waals surface area (Å²) in [6, 6.07) is 26.7. The second kappa shape index (κ2) is 7.89. The topological polar surface area (TPSA) is 21.3 Å². The van der Waals surface area contributed by atoms with Crippen LogP contribution in [0.15, 0.2) is 78.9 Å². The first-order valence-electron chi connectivity index (χ1n) is 7.94. The van der Waals surface area contributed by atoms with E-state index in [0.29, 0.717) is 0 Å². The minimum atomic E-state index is 0.165. The monoisotopic (exact) mass is 337 g/mol. The summed E-state index contributed by atoms with van der Waals surface area (Å²) in [5, 5.41) is 4.37. The van der Waals surface area contributed by atoms with Crippen LogP contribution in [0.4, 0.5) is 5.69 Å². The van der Waals surface area contributed by atoms with Gasteiger partial charge in [-0.3, -0.25) is 0 Å². The van der Waals surface area contributed by atoms with Gasteiger partial charge in [-0.1, -0.05) is 54.1 Å². The van der Waals surface area contributed by atoms with Gasteiger partial charge in [0, 0.05) is 10.7 Å². The summed E-state index contributed by atoms with van der Waals surface area (Å²) in [7, 11) is 1.67. The number of hydrogen-bond donors (Lipinski definition) is 1. The minimum Gasteiger partial charge on any atom is -0.497 e. The lowest BCUT2D eigenvalue weighted by Gasteiger charge is -2.21. The predicted octanol–water partition coefficient (Wildman–Crippen LogP) is 5.74. The molecule has 0 aliphatic carbocycles. The van der Waals surface area contributed by atoms with Crippen LogP contribution in [0.1, 0.15) is 17.2 Å². The number of halogens is 1. The molecule has 0 spiro atoms. The Morgan fingerprint density at radius 2 is 1.54 bits per heavy atom. The van der Waals surface area contributed by atoms with Crippen molar-refractivity contribution in [1.29, 1.82) is 0 Å². The summed E-state index contributed by atoms with van der Waals surface area (Å²) in [6.07, 6.45) is 0.897. The summed E-state index contributed by atoms with van der Waals surface area (Å²) in [4.78, 5) is 0.